The number of hydrogen-bond donors (Lipinski definition) is 0. The van der Waals surface area contributed by atoms with Crippen molar-refractivity contribution in [3.8, 4) is 0 Å². The molecule has 2 amide bonds. The quantitative estimate of drug-likeness (QED) is 0.211. The van der Waals surface area contributed by atoms with E-state index in [9.17, 15) is 9.59 Å². The van der Waals surface area contributed by atoms with E-state index in [0.29, 0.717) is 28.6 Å². The van der Waals surface area contributed by atoms with Crippen molar-refractivity contribution >= 4 is 50.4 Å². The average molecular weight is 544 g/mol. The lowest BCUT2D eigenvalue weighted by Gasteiger charge is -2.27. The molecule has 0 N–H and O–H groups in total. The second kappa shape index (κ2) is 9.53. The Hall–Kier alpha value is -5.55. The Kier molecular flexibility index (Phi) is 5.50. The van der Waals surface area contributed by atoms with Gasteiger partial charge in [0.25, 0.3) is 11.8 Å². The van der Waals surface area contributed by atoms with Gasteiger partial charge in [0.05, 0.1) is 23.1 Å². The lowest BCUT2D eigenvalue weighted by Crippen LogP contribution is -2.40. The van der Waals surface area contributed by atoms with E-state index in [0.717, 1.165) is 22.3 Å². The first-order chi connectivity index (χ1) is 20.7. The van der Waals surface area contributed by atoms with E-state index in [1.54, 1.807) is 12.1 Å². The Morgan fingerprint density at radius 1 is 0.571 bits per heavy atom. The van der Waals surface area contributed by atoms with Gasteiger partial charge in [-0.1, -0.05) is 91.0 Å². The molecule has 8 rings (SSSR count). The standard InChI is InChI=1S/C37H25N3O2/c41-36-31-17-9-16-30-29(20-21-32(35(30)31)37(42)39(36)27-12-3-1-4-13-27)33-23-34(40(38-33)28-14-5-2-6-15-28)26-19-18-24-10-7-8-11-25(24)22-26/h1-22,34H,23H2. The number of anilines is 2. The molecule has 200 valence electrons. The first-order valence-electron chi connectivity index (χ1n) is 14.1. The molecule has 0 radical (unpaired) electrons. The molecule has 42 heavy (non-hydrogen) atoms. The summed E-state index contributed by atoms with van der Waals surface area (Å²) in [5.74, 6) is -0.621. The lowest BCUT2D eigenvalue weighted by molar-refractivity contribution is 0.0893. The number of carbonyl (C=O) groups excluding carboxylic acids is 2. The van der Waals surface area contributed by atoms with E-state index in [1.807, 2.05) is 66.7 Å². The summed E-state index contributed by atoms with van der Waals surface area (Å²) in [6.07, 6.45) is 0.684. The highest BCUT2D eigenvalue weighted by Crippen LogP contribution is 2.40. The summed E-state index contributed by atoms with van der Waals surface area (Å²) in [7, 11) is 0. The highest BCUT2D eigenvalue weighted by molar-refractivity contribution is 6.36. The zero-order chi connectivity index (χ0) is 28.2. The number of hydrazone groups is 1. The Morgan fingerprint density at radius 3 is 1.98 bits per heavy atom. The number of hydrogen-bond acceptors (Lipinski definition) is 4. The molecule has 0 saturated carbocycles. The van der Waals surface area contributed by atoms with Gasteiger partial charge in [0.1, 0.15) is 0 Å². The second-order valence-corrected chi connectivity index (χ2v) is 10.7. The smallest absolute Gasteiger partial charge is 0.265 e. The molecular formula is C37H25N3O2. The minimum absolute atomic E-state index is 0.00495. The van der Waals surface area contributed by atoms with Crippen molar-refractivity contribution in [3.05, 3.63) is 156 Å². The number of benzene rings is 6. The number of imide groups is 1. The van der Waals surface area contributed by atoms with Crippen LogP contribution in [-0.2, 0) is 0 Å². The first kappa shape index (κ1) is 24.3. The number of fused-ring (bicyclic) bond motifs is 1. The maximum atomic E-state index is 13.7. The third-order valence-corrected chi connectivity index (χ3v) is 8.32. The fourth-order valence-electron chi connectivity index (χ4n) is 6.33. The summed E-state index contributed by atoms with van der Waals surface area (Å²) in [5.41, 5.74) is 5.67. The Labute approximate surface area is 242 Å². The highest BCUT2D eigenvalue weighted by Gasteiger charge is 2.36. The molecule has 5 heteroatoms. The topological polar surface area (TPSA) is 53.0 Å². The average Bonchev–Trinajstić information content (AvgIpc) is 3.49. The third kappa shape index (κ3) is 3.75. The van der Waals surface area contributed by atoms with Crippen LogP contribution in [0.1, 0.15) is 44.3 Å². The van der Waals surface area contributed by atoms with Gasteiger partial charge in [-0.25, -0.2) is 4.90 Å². The van der Waals surface area contributed by atoms with E-state index in [4.69, 9.17) is 5.10 Å². The largest absolute Gasteiger partial charge is 0.268 e. The number of carbonyl (C=O) groups is 2. The van der Waals surface area contributed by atoms with Crippen LogP contribution in [0.15, 0.2) is 139 Å². The van der Waals surface area contributed by atoms with Gasteiger partial charge in [-0.2, -0.15) is 5.10 Å². The summed E-state index contributed by atoms with van der Waals surface area (Å²) in [6, 6.07) is 43.9. The van der Waals surface area contributed by atoms with E-state index >= 15 is 0 Å². The van der Waals surface area contributed by atoms with Gasteiger partial charge in [0, 0.05) is 28.5 Å². The zero-order valence-corrected chi connectivity index (χ0v) is 22.6. The number of amides is 2. The molecule has 1 unspecified atom stereocenters. The maximum Gasteiger partial charge on any atom is 0.265 e. The molecule has 0 saturated heterocycles. The fourth-order valence-corrected chi connectivity index (χ4v) is 6.33. The zero-order valence-electron chi connectivity index (χ0n) is 22.6. The SMILES string of the molecule is O=C1c2cccc3c(C4=NN(c5ccccc5)C(c5ccc6ccccc6c5)C4)ccc(c23)C(=O)N1c1ccccc1. The van der Waals surface area contributed by atoms with Gasteiger partial charge in [-0.05, 0) is 64.2 Å². The second-order valence-electron chi connectivity index (χ2n) is 10.7. The fraction of sp³-hybridized carbons (Fsp3) is 0.0541. The first-order valence-corrected chi connectivity index (χ1v) is 14.1. The van der Waals surface area contributed by atoms with Gasteiger partial charge < -0.3 is 0 Å². The van der Waals surface area contributed by atoms with Crippen LogP contribution in [0.25, 0.3) is 21.5 Å². The number of para-hydroxylation sites is 2. The summed E-state index contributed by atoms with van der Waals surface area (Å²) in [5, 5.41) is 11.2. The van der Waals surface area contributed by atoms with Crippen LogP contribution in [0, 0.1) is 0 Å². The maximum absolute atomic E-state index is 13.7. The predicted molar refractivity (Wildman–Crippen MR) is 168 cm³/mol. The van der Waals surface area contributed by atoms with E-state index in [1.165, 1.54) is 21.2 Å². The van der Waals surface area contributed by atoms with Crippen LogP contribution < -0.4 is 9.91 Å². The lowest BCUT2D eigenvalue weighted by atomic mass is 9.88. The van der Waals surface area contributed by atoms with E-state index < -0.39 is 0 Å². The molecule has 1 atom stereocenters. The molecule has 5 nitrogen and oxygen atoms in total. The molecular weight excluding hydrogens is 518 g/mol. The summed E-state index contributed by atoms with van der Waals surface area (Å²) < 4.78 is 0. The van der Waals surface area contributed by atoms with Crippen molar-refractivity contribution in [2.24, 2.45) is 5.10 Å². The van der Waals surface area contributed by atoms with Gasteiger partial charge in [0.15, 0.2) is 0 Å². The van der Waals surface area contributed by atoms with Crippen LogP contribution in [0.3, 0.4) is 0 Å². The summed E-state index contributed by atoms with van der Waals surface area (Å²) in [6.45, 7) is 0. The van der Waals surface area contributed by atoms with Crippen LogP contribution in [0.4, 0.5) is 11.4 Å². The Balaban J connectivity index is 1.25. The van der Waals surface area contributed by atoms with E-state index in [-0.39, 0.29) is 17.9 Å². The monoisotopic (exact) mass is 543 g/mol. The molecule has 2 aliphatic rings. The normalized spacial score (nSPS) is 16.4. The van der Waals surface area contributed by atoms with Crippen molar-refractivity contribution in [1.29, 1.82) is 0 Å². The number of rotatable bonds is 4. The molecule has 0 aliphatic carbocycles. The van der Waals surface area contributed by atoms with Crippen LogP contribution >= 0.6 is 0 Å². The van der Waals surface area contributed by atoms with Crippen molar-refractivity contribution < 1.29 is 9.59 Å². The minimum atomic E-state index is -0.310. The molecule has 6 aromatic carbocycles. The summed E-state index contributed by atoms with van der Waals surface area (Å²) in [4.78, 5) is 28.7. The summed E-state index contributed by atoms with van der Waals surface area (Å²) >= 11 is 0. The van der Waals surface area contributed by atoms with Crippen molar-refractivity contribution in [2.45, 2.75) is 12.5 Å². The number of nitrogens with zero attached hydrogens (tertiary/aromatic N) is 3. The van der Waals surface area contributed by atoms with Crippen molar-refractivity contribution in [1.82, 2.24) is 0 Å². The predicted octanol–water partition coefficient (Wildman–Crippen LogP) is 8.15. The van der Waals surface area contributed by atoms with Gasteiger partial charge in [-0.3, -0.25) is 14.6 Å². The molecule has 0 bridgehead atoms. The molecule has 2 aliphatic heterocycles. The van der Waals surface area contributed by atoms with Crippen LogP contribution in [0.5, 0.6) is 0 Å². The Morgan fingerprint density at radius 2 is 1.21 bits per heavy atom. The molecule has 0 spiro atoms. The minimum Gasteiger partial charge on any atom is -0.268 e. The molecule has 2 heterocycles. The molecule has 6 aromatic rings. The Bertz CT molecular complexity index is 2050. The van der Waals surface area contributed by atoms with Gasteiger partial charge in [0.2, 0.25) is 0 Å². The highest BCUT2D eigenvalue weighted by atomic mass is 16.2. The van der Waals surface area contributed by atoms with Crippen LogP contribution in [-0.4, -0.2) is 17.5 Å². The molecule has 0 fully saturated rings. The third-order valence-electron chi connectivity index (χ3n) is 8.32. The molecule has 0 aromatic heterocycles. The van der Waals surface area contributed by atoms with Gasteiger partial charge in [-0.15, -0.1) is 0 Å². The van der Waals surface area contributed by atoms with E-state index in [2.05, 4.69) is 59.6 Å². The van der Waals surface area contributed by atoms with Crippen LogP contribution in [0.2, 0.25) is 0 Å². The van der Waals surface area contributed by atoms with Gasteiger partial charge >= 0.3 is 0 Å². The van der Waals surface area contributed by atoms with Crippen molar-refractivity contribution in [2.75, 3.05) is 9.91 Å². The van der Waals surface area contributed by atoms with Crippen molar-refractivity contribution in [3.63, 3.8) is 0 Å².